The van der Waals surface area contributed by atoms with E-state index in [2.05, 4.69) is 4.72 Å². The molecule has 2 aromatic rings. The zero-order valence-corrected chi connectivity index (χ0v) is 12.5. The second-order valence-electron chi connectivity index (χ2n) is 4.32. The maximum atomic E-state index is 13.6. The Hall–Kier alpha value is -2.10. The van der Waals surface area contributed by atoms with Crippen LogP contribution in [0.1, 0.15) is 11.1 Å². The lowest BCUT2D eigenvalue weighted by Gasteiger charge is -2.10. The number of sulfonamides is 1. The topological polar surface area (TPSA) is 70.0 Å². The van der Waals surface area contributed by atoms with E-state index in [-0.39, 0.29) is 15.6 Å². The Morgan fingerprint density at radius 2 is 1.95 bits per heavy atom. The van der Waals surface area contributed by atoms with Crippen LogP contribution in [0.5, 0.6) is 0 Å². The predicted molar refractivity (Wildman–Crippen MR) is 78.1 cm³/mol. The van der Waals surface area contributed by atoms with E-state index in [1.807, 2.05) is 6.07 Å². The molecule has 4 nitrogen and oxygen atoms in total. The molecule has 0 atom stereocenters. The minimum absolute atomic E-state index is 0.0571. The summed E-state index contributed by atoms with van der Waals surface area (Å²) in [5.41, 5.74) is 0.666. The molecule has 0 bridgehead atoms. The lowest BCUT2D eigenvalue weighted by atomic mass is 10.1. The maximum absolute atomic E-state index is 13.6. The molecule has 7 heteroatoms. The number of benzene rings is 2. The summed E-state index contributed by atoms with van der Waals surface area (Å²) in [6.45, 7) is 1.62. The number of hydrogen-bond acceptors (Lipinski definition) is 3. The number of nitrogens with one attached hydrogen (secondary N) is 1. The first-order valence-corrected chi connectivity index (χ1v) is 7.68. The van der Waals surface area contributed by atoms with Crippen LogP contribution in [0.15, 0.2) is 41.3 Å². The molecule has 0 aliphatic carbocycles. The molecule has 0 radical (unpaired) electrons. The van der Waals surface area contributed by atoms with Crippen molar-refractivity contribution in [1.29, 1.82) is 5.26 Å². The van der Waals surface area contributed by atoms with Crippen molar-refractivity contribution in [2.45, 2.75) is 11.8 Å². The number of anilines is 1. The van der Waals surface area contributed by atoms with Crippen LogP contribution in [0, 0.1) is 24.1 Å². The van der Waals surface area contributed by atoms with E-state index in [4.69, 9.17) is 16.9 Å². The van der Waals surface area contributed by atoms with Crippen LogP contribution in [0.25, 0.3) is 0 Å². The van der Waals surface area contributed by atoms with Gasteiger partial charge in [-0.3, -0.25) is 4.72 Å². The normalized spacial score (nSPS) is 11.0. The Bertz CT molecular complexity index is 845. The van der Waals surface area contributed by atoms with Crippen LogP contribution < -0.4 is 4.72 Å². The largest absolute Gasteiger partial charge is 0.277 e. The monoisotopic (exact) mass is 324 g/mol. The zero-order chi connectivity index (χ0) is 15.6. The van der Waals surface area contributed by atoms with E-state index < -0.39 is 15.8 Å². The summed E-state index contributed by atoms with van der Waals surface area (Å²) in [6, 6.07) is 9.57. The first-order valence-electron chi connectivity index (χ1n) is 5.82. The molecule has 0 unspecified atom stereocenters. The molecule has 0 saturated heterocycles. The molecule has 1 N–H and O–H groups in total. The third-order valence-corrected chi connectivity index (χ3v) is 4.40. The van der Waals surface area contributed by atoms with E-state index in [1.54, 1.807) is 6.92 Å². The fourth-order valence-corrected chi connectivity index (χ4v) is 3.02. The lowest BCUT2D eigenvalue weighted by molar-refractivity contribution is 0.598. The van der Waals surface area contributed by atoms with Crippen LogP contribution in [0.3, 0.4) is 0 Å². The molecule has 0 fully saturated rings. The van der Waals surface area contributed by atoms with Gasteiger partial charge in [0.2, 0.25) is 0 Å². The molecule has 0 spiro atoms. The molecule has 2 aromatic carbocycles. The van der Waals surface area contributed by atoms with E-state index in [1.165, 1.54) is 30.3 Å². The van der Waals surface area contributed by atoms with Crippen molar-refractivity contribution in [3.8, 4) is 6.07 Å². The van der Waals surface area contributed by atoms with Gasteiger partial charge < -0.3 is 0 Å². The van der Waals surface area contributed by atoms with Gasteiger partial charge in [-0.25, -0.2) is 12.8 Å². The van der Waals surface area contributed by atoms with Crippen LogP contribution in [-0.4, -0.2) is 8.42 Å². The van der Waals surface area contributed by atoms with Crippen molar-refractivity contribution in [2.75, 3.05) is 4.72 Å². The molecule has 2 rings (SSSR count). The summed E-state index contributed by atoms with van der Waals surface area (Å²) in [4.78, 5) is -0.0571. The lowest BCUT2D eigenvalue weighted by Crippen LogP contribution is -2.14. The van der Waals surface area contributed by atoms with E-state index in [0.717, 1.165) is 6.07 Å². The molecule has 0 heterocycles. The summed E-state index contributed by atoms with van der Waals surface area (Å²) < 4.78 is 40.1. The van der Waals surface area contributed by atoms with Crippen molar-refractivity contribution in [1.82, 2.24) is 0 Å². The van der Waals surface area contributed by atoms with Gasteiger partial charge in [-0.15, -0.1) is 0 Å². The van der Waals surface area contributed by atoms with Gasteiger partial charge in [0.15, 0.2) is 0 Å². The summed E-state index contributed by atoms with van der Waals surface area (Å²) >= 11 is 5.72. The molecule has 0 aliphatic heterocycles. The van der Waals surface area contributed by atoms with Crippen molar-refractivity contribution < 1.29 is 12.8 Å². The molecule has 0 saturated carbocycles. The quantitative estimate of drug-likeness (QED) is 0.940. The summed E-state index contributed by atoms with van der Waals surface area (Å²) in [5.74, 6) is -0.728. The summed E-state index contributed by atoms with van der Waals surface area (Å²) in [5, 5.41) is 9.05. The van der Waals surface area contributed by atoms with Gasteiger partial charge in [0.25, 0.3) is 10.0 Å². The molecule has 21 heavy (non-hydrogen) atoms. The highest BCUT2D eigenvalue weighted by Crippen LogP contribution is 2.23. The van der Waals surface area contributed by atoms with Crippen molar-refractivity contribution in [3.63, 3.8) is 0 Å². The molecule has 0 aliphatic rings. The van der Waals surface area contributed by atoms with Gasteiger partial charge in [-0.2, -0.15) is 5.26 Å². The van der Waals surface area contributed by atoms with Crippen LogP contribution in [0.2, 0.25) is 5.02 Å². The number of nitriles is 1. The third-order valence-electron chi connectivity index (χ3n) is 2.80. The Morgan fingerprint density at radius 1 is 1.24 bits per heavy atom. The third kappa shape index (κ3) is 3.32. The van der Waals surface area contributed by atoms with Gasteiger partial charge in [0.1, 0.15) is 5.82 Å². The van der Waals surface area contributed by atoms with Gasteiger partial charge in [-0.05, 0) is 48.9 Å². The average molecular weight is 325 g/mol. The van der Waals surface area contributed by atoms with E-state index >= 15 is 0 Å². The fourth-order valence-electron chi connectivity index (χ4n) is 1.71. The Balaban J connectivity index is 2.41. The van der Waals surface area contributed by atoms with Crippen LogP contribution in [0.4, 0.5) is 10.1 Å². The molecule has 108 valence electrons. The van der Waals surface area contributed by atoms with Crippen molar-refractivity contribution in [2.24, 2.45) is 0 Å². The van der Waals surface area contributed by atoms with Crippen LogP contribution in [-0.2, 0) is 10.0 Å². The van der Waals surface area contributed by atoms with Crippen LogP contribution >= 0.6 is 11.6 Å². The number of hydrogen-bond donors (Lipinski definition) is 1. The first kappa shape index (κ1) is 15.3. The highest BCUT2D eigenvalue weighted by atomic mass is 35.5. The summed E-state index contributed by atoms with van der Waals surface area (Å²) in [6.07, 6.45) is 0. The molecule has 0 aromatic heterocycles. The van der Waals surface area contributed by atoms with Gasteiger partial charge >= 0.3 is 0 Å². The fraction of sp³-hybridized carbons (Fsp3) is 0.0714. The van der Waals surface area contributed by atoms with Gasteiger partial charge in [0.05, 0.1) is 22.2 Å². The SMILES string of the molecule is Cc1cc(S(=O)(=O)Nc2cc(Cl)ccc2F)ccc1C#N. The first-order chi connectivity index (χ1) is 9.83. The minimum atomic E-state index is -3.96. The van der Waals surface area contributed by atoms with Gasteiger partial charge in [0, 0.05) is 5.02 Å². The van der Waals surface area contributed by atoms with Gasteiger partial charge in [-0.1, -0.05) is 11.6 Å². The minimum Gasteiger partial charge on any atom is -0.277 e. The van der Waals surface area contributed by atoms with E-state index in [9.17, 15) is 12.8 Å². The molecule has 0 amide bonds. The predicted octanol–water partition coefficient (Wildman–Crippen LogP) is 3.46. The smallest absolute Gasteiger partial charge is 0.261 e. The average Bonchev–Trinajstić information content (AvgIpc) is 2.42. The number of rotatable bonds is 3. The number of aryl methyl sites for hydroxylation is 1. The Kier molecular flexibility index (Phi) is 4.16. The van der Waals surface area contributed by atoms with Crippen molar-refractivity contribution >= 4 is 27.3 Å². The zero-order valence-electron chi connectivity index (χ0n) is 10.9. The second kappa shape index (κ2) is 5.72. The summed E-state index contributed by atoms with van der Waals surface area (Å²) in [7, 11) is -3.96. The molecular formula is C14H10ClFN2O2S. The Labute approximate surface area is 126 Å². The molecular weight excluding hydrogens is 315 g/mol. The van der Waals surface area contributed by atoms with Crippen molar-refractivity contribution in [3.05, 3.63) is 58.4 Å². The Morgan fingerprint density at radius 3 is 2.57 bits per heavy atom. The van der Waals surface area contributed by atoms with E-state index in [0.29, 0.717) is 11.1 Å². The second-order valence-corrected chi connectivity index (χ2v) is 6.44. The highest BCUT2D eigenvalue weighted by molar-refractivity contribution is 7.92. The maximum Gasteiger partial charge on any atom is 0.261 e. The number of nitrogens with zero attached hydrogens (tertiary/aromatic N) is 1. The standard InChI is InChI=1S/C14H10ClFN2O2S/c1-9-6-12(4-2-10(9)8-17)21(19,20)18-14-7-11(15)3-5-13(14)16/h2-7,18H,1H3. The highest BCUT2D eigenvalue weighted by Gasteiger charge is 2.17. The number of halogens is 2.